The zero-order valence-electron chi connectivity index (χ0n) is 7.03. The van der Waals surface area contributed by atoms with E-state index in [0.717, 1.165) is 0 Å². The van der Waals surface area contributed by atoms with Gasteiger partial charge in [0.05, 0.1) is 7.11 Å². The van der Waals surface area contributed by atoms with Gasteiger partial charge in [-0.2, -0.15) is 0 Å². The van der Waals surface area contributed by atoms with E-state index in [4.69, 9.17) is 9.15 Å². The molecule has 1 aromatic rings. The van der Waals surface area contributed by atoms with Gasteiger partial charge in [-0.3, -0.25) is 4.79 Å². The summed E-state index contributed by atoms with van der Waals surface area (Å²) in [5.74, 6) is 1.05. The highest BCUT2D eigenvalue weighted by molar-refractivity contribution is 5.91. The molecule has 1 aromatic heterocycles. The van der Waals surface area contributed by atoms with Gasteiger partial charge >= 0.3 is 0 Å². The topological polar surface area (TPSA) is 39.4 Å². The maximum atomic E-state index is 10.5. The third-order valence-electron chi connectivity index (χ3n) is 1.29. The summed E-state index contributed by atoms with van der Waals surface area (Å²) in [6, 6.07) is 3.43. The van der Waals surface area contributed by atoms with E-state index < -0.39 is 0 Å². The Hall–Kier alpha value is -1.51. The fraction of sp³-hybridized carbons (Fsp3) is 0.222. The number of furan rings is 1. The molecule has 0 fully saturated rings. The molecule has 64 valence electrons. The molecular weight excluding hydrogens is 156 g/mol. The molecule has 3 heteroatoms. The molecule has 0 bridgehead atoms. The second-order valence-corrected chi connectivity index (χ2v) is 2.30. The summed E-state index contributed by atoms with van der Waals surface area (Å²) >= 11 is 0. The Labute approximate surface area is 70.6 Å². The van der Waals surface area contributed by atoms with Crippen molar-refractivity contribution in [1.82, 2.24) is 0 Å². The van der Waals surface area contributed by atoms with Gasteiger partial charge in [0, 0.05) is 6.07 Å². The minimum Gasteiger partial charge on any atom is -0.468 e. The minimum absolute atomic E-state index is 0.00892. The fourth-order valence-corrected chi connectivity index (χ4v) is 0.733. The number of allylic oxidation sites excluding steroid dienone is 1. The summed E-state index contributed by atoms with van der Waals surface area (Å²) in [6.07, 6.45) is 3.04. The molecule has 0 spiro atoms. The molecule has 0 radical (unpaired) electrons. The first-order chi connectivity index (χ1) is 5.72. The van der Waals surface area contributed by atoms with Crippen LogP contribution in [0.4, 0.5) is 0 Å². The van der Waals surface area contributed by atoms with E-state index in [1.54, 1.807) is 18.2 Å². The number of methoxy groups -OCH3 is 1. The number of ketones is 1. The van der Waals surface area contributed by atoms with Gasteiger partial charge in [-0.15, -0.1) is 0 Å². The third-order valence-corrected chi connectivity index (χ3v) is 1.29. The number of hydrogen-bond donors (Lipinski definition) is 0. The van der Waals surface area contributed by atoms with Gasteiger partial charge in [0.2, 0.25) is 0 Å². The molecule has 1 heterocycles. The minimum atomic E-state index is -0.00892. The van der Waals surface area contributed by atoms with Crippen molar-refractivity contribution >= 4 is 11.9 Å². The number of rotatable bonds is 3. The smallest absolute Gasteiger partial charge is 0.284 e. The van der Waals surface area contributed by atoms with Crippen molar-refractivity contribution in [2.75, 3.05) is 7.11 Å². The maximum absolute atomic E-state index is 10.5. The van der Waals surface area contributed by atoms with E-state index in [9.17, 15) is 4.79 Å². The molecule has 12 heavy (non-hydrogen) atoms. The number of carbonyl (C=O) groups is 1. The van der Waals surface area contributed by atoms with E-state index in [0.29, 0.717) is 11.7 Å². The summed E-state index contributed by atoms with van der Waals surface area (Å²) in [7, 11) is 1.53. The average Bonchev–Trinajstić information content (AvgIpc) is 2.48. The van der Waals surface area contributed by atoms with Crippen LogP contribution in [0.2, 0.25) is 0 Å². The highest BCUT2D eigenvalue weighted by Crippen LogP contribution is 2.15. The first kappa shape index (κ1) is 8.59. The molecule has 1 rings (SSSR count). The van der Waals surface area contributed by atoms with Crippen LogP contribution in [0.15, 0.2) is 22.6 Å². The first-order valence-corrected chi connectivity index (χ1v) is 3.55. The van der Waals surface area contributed by atoms with Crippen molar-refractivity contribution in [3.8, 4) is 5.95 Å². The van der Waals surface area contributed by atoms with Crippen LogP contribution in [0.25, 0.3) is 6.08 Å². The lowest BCUT2D eigenvalue weighted by Gasteiger charge is -1.88. The van der Waals surface area contributed by atoms with E-state index in [1.807, 2.05) is 0 Å². The van der Waals surface area contributed by atoms with Gasteiger partial charge in [0.15, 0.2) is 5.78 Å². The average molecular weight is 166 g/mol. The molecule has 0 aliphatic heterocycles. The third kappa shape index (κ3) is 2.27. The van der Waals surface area contributed by atoms with E-state index in [2.05, 4.69) is 0 Å². The normalized spacial score (nSPS) is 10.5. The molecule has 3 nitrogen and oxygen atoms in total. The molecule has 0 N–H and O–H groups in total. The lowest BCUT2D eigenvalue weighted by molar-refractivity contribution is -0.112. The molecule has 0 aromatic carbocycles. The molecule has 0 saturated carbocycles. The second kappa shape index (κ2) is 3.76. The second-order valence-electron chi connectivity index (χ2n) is 2.30. The van der Waals surface area contributed by atoms with Gasteiger partial charge in [0.1, 0.15) is 5.76 Å². The monoisotopic (exact) mass is 166 g/mol. The molecule has 0 amide bonds. The summed E-state index contributed by atoms with van der Waals surface area (Å²) in [5, 5.41) is 0. The van der Waals surface area contributed by atoms with Crippen LogP contribution in [0.3, 0.4) is 0 Å². The van der Waals surface area contributed by atoms with Gasteiger partial charge in [0.25, 0.3) is 5.95 Å². The largest absolute Gasteiger partial charge is 0.468 e. The number of hydrogen-bond acceptors (Lipinski definition) is 3. The zero-order chi connectivity index (χ0) is 8.97. The molecule has 0 atom stereocenters. The fourth-order valence-electron chi connectivity index (χ4n) is 0.733. The Kier molecular flexibility index (Phi) is 2.69. The van der Waals surface area contributed by atoms with Gasteiger partial charge < -0.3 is 9.15 Å². The Morgan fingerprint density at radius 1 is 1.58 bits per heavy atom. The Morgan fingerprint density at radius 3 is 2.83 bits per heavy atom. The van der Waals surface area contributed by atoms with Gasteiger partial charge in [-0.05, 0) is 25.1 Å². The van der Waals surface area contributed by atoms with Crippen LogP contribution in [-0.2, 0) is 4.79 Å². The summed E-state index contributed by atoms with van der Waals surface area (Å²) in [4.78, 5) is 10.5. The Balaban J connectivity index is 2.70. The van der Waals surface area contributed by atoms with Gasteiger partial charge in [-0.25, -0.2) is 0 Å². The van der Waals surface area contributed by atoms with E-state index in [-0.39, 0.29) is 5.78 Å². The predicted molar refractivity (Wildman–Crippen MR) is 45.0 cm³/mol. The van der Waals surface area contributed by atoms with Crippen LogP contribution < -0.4 is 4.74 Å². The highest BCUT2D eigenvalue weighted by Gasteiger charge is 1.96. The molecular formula is C9H10O3. The summed E-state index contributed by atoms with van der Waals surface area (Å²) in [6.45, 7) is 1.48. The van der Waals surface area contributed by atoms with Crippen molar-refractivity contribution in [3.63, 3.8) is 0 Å². The predicted octanol–water partition coefficient (Wildman–Crippen LogP) is 1.89. The summed E-state index contributed by atoms with van der Waals surface area (Å²) in [5.41, 5.74) is 0. The number of ether oxygens (including phenoxy) is 1. The Morgan fingerprint density at radius 2 is 2.33 bits per heavy atom. The zero-order valence-corrected chi connectivity index (χ0v) is 7.03. The van der Waals surface area contributed by atoms with E-state index in [1.165, 1.54) is 20.1 Å². The van der Waals surface area contributed by atoms with Crippen molar-refractivity contribution in [1.29, 1.82) is 0 Å². The lowest BCUT2D eigenvalue weighted by atomic mass is 10.3. The van der Waals surface area contributed by atoms with Crippen LogP contribution in [0, 0.1) is 0 Å². The Bertz CT molecular complexity index is 296. The molecule has 0 unspecified atom stereocenters. The van der Waals surface area contributed by atoms with Crippen molar-refractivity contribution < 1.29 is 13.9 Å². The highest BCUT2D eigenvalue weighted by atomic mass is 16.6. The van der Waals surface area contributed by atoms with E-state index >= 15 is 0 Å². The standard InChI is InChI=1S/C9H10O3/c1-7(10)3-4-8-5-6-9(11-2)12-8/h3-6H,1-2H3/b4-3+. The van der Waals surface area contributed by atoms with Crippen LogP contribution in [-0.4, -0.2) is 12.9 Å². The lowest BCUT2D eigenvalue weighted by Crippen LogP contribution is -1.78. The first-order valence-electron chi connectivity index (χ1n) is 3.55. The summed E-state index contributed by atoms with van der Waals surface area (Å²) < 4.78 is 9.94. The quantitative estimate of drug-likeness (QED) is 0.643. The van der Waals surface area contributed by atoms with Gasteiger partial charge in [-0.1, -0.05) is 0 Å². The SMILES string of the molecule is COc1ccc(/C=C/C(C)=O)o1. The van der Waals surface area contributed by atoms with Crippen molar-refractivity contribution in [2.45, 2.75) is 6.92 Å². The van der Waals surface area contributed by atoms with Crippen molar-refractivity contribution in [3.05, 3.63) is 24.0 Å². The van der Waals surface area contributed by atoms with Crippen LogP contribution >= 0.6 is 0 Å². The van der Waals surface area contributed by atoms with Crippen LogP contribution in [0.5, 0.6) is 5.95 Å². The van der Waals surface area contributed by atoms with Crippen LogP contribution in [0.1, 0.15) is 12.7 Å². The molecule has 0 saturated heterocycles. The number of carbonyl (C=O) groups excluding carboxylic acids is 1. The van der Waals surface area contributed by atoms with Crippen molar-refractivity contribution in [2.24, 2.45) is 0 Å². The molecule has 0 aliphatic carbocycles. The maximum Gasteiger partial charge on any atom is 0.284 e. The molecule has 0 aliphatic rings.